The summed E-state index contributed by atoms with van der Waals surface area (Å²) in [6, 6.07) is 3.06. The van der Waals surface area contributed by atoms with E-state index in [4.69, 9.17) is 5.11 Å². The summed E-state index contributed by atoms with van der Waals surface area (Å²) < 4.78 is 42.2. The van der Waals surface area contributed by atoms with Crippen LogP contribution in [0.15, 0.2) is 24.3 Å². The molecule has 0 bridgehead atoms. The molecule has 1 rings (SSSR count). The lowest BCUT2D eigenvalue weighted by Crippen LogP contribution is -2.44. The molecule has 1 aromatic carbocycles. The van der Waals surface area contributed by atoms with Crippen molar-refractivity contribution in [3.05, 3.63) is 35.4 Å². The van der Waals surface area contributed by atoms with E-state index < -0.39 is 29.7 Å². The van der Waals surface area contributed by atoms with Gasteiger partial charge in [0.15, 0.2) is 6.04 Å². The molecular weight excluding hydrogens is 291 g/mol. The van der Waals surface area contributed by atoms with E-state index in [9.17, 15) is 22.8 Å². The van der Waals surface area contributed by atoms with Crippen molar-refractivity contribution in [2.24, 2.45) is 0 Å². The van der Waals surface area contributed by atoms with E-state index in [1.54, 1.807) is 0 Å². The number of carboxylic acids is 1. The number of hydrogen-bond acceptors (Lipinski definition) is 3. The van der Waals surface area contributed by atoms with Gasteiger partial charge in [-0.1, -0.05) is 18.2 Å². The molecule has 0 fully saturated rings. The molecule has 1 aromatic rings. The Morgan fingerprint density at radius 1 is 1.38 bits per heavy atom. The zero-order valence-electron chi connectivity index (χ0n) is 11.1. The maximum atomic E-state index is 12.5. The fourth-order valence-electron chi connectivity index (χ4n) is 1.63. The molecular formula is C13H14F3NO4. The number of rotatable bonds is 6. The molecule has 1 unspecified atom stereocenters. The second-order valence-corrected chi connectivity index (χ2v) is 4.29. The van der Waals surface area contributed by atoms with Crippen LogP contribution in [0.25, 0.3) is 0 Å². The topological polar surface area (TPSA) is 75.6 Å². The highest BCUT2D eigenvalue weighted by Gasteiger charge is 2.30. The van der Waals surface area contributed by atoms with Crippen molar-refractivity contribution in [2.45, 2.75) is 18.6 Å². The van der Waals surface area contributed by atoms with E-state index in [2.05, 4.69) is 10.1 Å². The van der Waals surface area contributed by atoms with Crippen molar-refractivity contribution in [3.8, 4) is 0 Å². The van der Waals surface area contributed by atoms with Gasteiger partial charge in [-0.3, -0.25) is 4.79 Å². The number of amides is 1. The van der Waals surface area contributed by atoms with Crippen molar-refractivity contribution in [1.82, 2.24) is 5.32 Å². The zero-order chi connectivity index (χ0) is 16.0. The number of benzene rings is 1. The van der Waals surface area contributed by atoms with Crippen LogP contribution in [0.5, 0.6) is 0 Å². The SMILES string of the molecule is COCC(NC(=O)Cc1cccc(C(F)(F)F)c1)C(=O)O. The summed E-state index contributed by atoms with van der Waals surface area (Å²) in [6.45, 7) is -0.232. The smallest absolute Gasteiger partial charge is 0.416 e. The van der Waals surface area contributed by atoms with Crippen molar-refractivity contribution in [1.29, 1.82) is 0 Å². The number of methoxy groups -OCH3 is 1. The number of hydrogen-bond donors (Lipinski definition) is 2. The number of alkyl halides is 3. The fraction of sp³-hybridized carbons (Fsp3) is 0.385. The number of carbonyl (C=O) groups excluding carboxylic acids is 1. The molecule has 0 aliphatic rings. The number of nitrogens with one attached hydrogen (secondary N) is 1. The molecule has 0 aliphatic heterocycles. The van der Waals surface area contributed by atoms with Gasteiger partial charge in [-0.2, -0.15) is 13.2 Å². The van der Waals surface area contributed by atoms with Crippen LogP contribution in [-0.2, 0) is 26.9 Å². The Morgan fingerprint density at radius 3 is 2.57 bits per heavy atom. The quantitative estimate of drug-likeness (QED) is 0.834. The summed E-state index contributed by atoms with van der Waals surface area (Å²) in [5, 5.41) is 11.0. The van der Waals surface area contributed by atoms with E-state index in [0.29, 0.717) is 0 Å². The highest BCUT2D eigenvalue weighted by Crippen LogP contribution is 2.29. The van der Waals surface area contributed by atoms with Crippen molar-refractivity contribution in [3.63, 3.8) is 0 Å². The van der Waals surface area contributed by atoms with E-state index in [-0.39, 0.29) is 18.6 Å². The maximum Gasteiger partial charge on any atom is 0.416 e. The first kappa shape index (κ1) is 17.0. The Bertz CT molecular complexity index is 516. The van der Waals surface area contributed by atoms with Gasteiger partial charge in [0, 0.05) is 7.11 Å². The Kier molecular flexibility index (Phi) is 5.71. The molecule has 1 atom stereocenters. The van der Waals surface area contributed by atoms with E-state index in [1.165, 1.54) is 19.2 Å². The van der Waals surface area contributed by atoms with Gasteiger partial charge < -0.3 is 15.2 Å². The van der Waals surface area contributed by atoms with Crippen LogP contribution in [0, 0.1) is 0 Å². The average Bonchev–Trinajstić information content (AvgIpc) is 2.37. The molecule has 2 N–H and O–H groups in total. The summed E-state index contributed by atoms with van der Waals surface area (Å²) in [6.07, 6.45) is -4.84. The molecule has 0 saturated carbocycles. The lowest BCUT2D eigenvalue weighted by atomic mass is 10.1. The first-order valence-corrected chi connectivity index (χ1v) is 5.91. The third kappa shape index (κ3) is 5.42. The fourth-order valence-corrected chi connectivity index (χ4v) is 1.63. The molecule has 0 saturated heterocycles. The third-order valence-corrected chi connectivity index (χ3v) is 2.59. The van der Waals surface area contributed by atoms with Crippen LogP contribution in [0.1, 0.15) is 11.1 Å². The molecule has 8 heteroatoms. The van der Waals surface area contributed by atoms with Gasteiger partial charge >= 0.3 is 12.1 Å². The molecule has 0 radical (unpaired) electrons. The molecule has 0 heterocycles. The summed E-state index contributed by atoms with van der Waals surface area (Å²) in [7, 11) is 1.27. The van der Waals surface area contributed by atoms with Gasteiger partial charge in [0.25, 0.3) is 0 Å². The van der Waals surface area contributed by atoms with Crippen LogP contribution in [0.3, 0.4) is 0 Å². The minimum Gasteiger partial charge on any atom is -0.480 e. The van der Waals surface area contributed by atoms with Crippen LogP contribution < -0.4 is 5.32 Å². The Labute approximate surface area is 118 Å². The second kappa shape index (κ2) is 7.07. The van der Waals surface area contributed by atoms with Gasteiger partial charge in [0.2, 0.25) is 5.91 Å². The Morgan fingerprint density at radius 2 is 2.05 bits per heavy atom. The molecule has 5 nitrogen and oxygen atoms in total. The highest BCUT2D eigenvalue weighted by molar-refractivity contribution is 5.84. The molecule has 1 amide bonds. The second-order valence-electron chi connectivity index (χ2n) is 4.29. The van der Waals surface area contributed by atoms with Crippen molar-refractivity contribution < 1.29 is 32.6 Å². The van der Waals surface area contributed by atoms with E-state index in [1.807, 2.05) is 0 Å². The Balaban J connectivity index is 2.73. The minimum absolute atomic E-state index is 0.142. The normalized spacial score (nSPS) is 12.8. The lowest BCUT2D eigenvalue weighted by Gasteiger charge is -2.14. The average molecular weight is 305 g/mol. The standard InChI is InChI=1S/C13H14F3NO4/c1-21-7-10(12(19)20)17-11(18)6-8-3-2-4-9(5-8)13(14,15)16/h2-5,10H,6-7H2,1H3,(H,17,18)(H,19,20). The van der Waals surface area contributed by atoms with Gasteiger partial charge in [-0.05, 0) is 11.6 Å². The monoisotopic (exact) mass is 305 g/mol. The molecule has 0 aliphatic carbocycles. The van der Waals surface area contributed by atoms with Gasteiger partial charge in [0.1, 0.15) is 0 Å². The summed E-state index contributed by atoms with van der Waals surface area (Å²) in [5.74, 6) is -1.98. The number of halogens is 3. The molecule has 0 aromatic heterocycles. The van der Waals surface area contributed by atoms with Gasteiger partial charge in [-0.15, -0.1) is 0 Å². The highest BCUT2D eigenvalue weighted by atomic mass is 19.4. The van der Waals surface area contributed by atoms with Crippen molar-refractivity contribution >= 4 is 11.9 Å². The first-order valence-electron chi connectivity index (χ1n) is 5.91. The molecule has 0 spiro atoms. The number of carbonyl (C=O) groups is 2. The van der Waals surface area contributed by atoms with Gasteiger partial charge in [-0.25, -0.2) is 4.79 Å². The molecule has 21 heavy (non-hydrogen) atoms. The largest absolute Gasteiger partial charge is 0.480 e. The molecule has 116 valence electrons. The van der Waals surface area contributed by atoms with Crippen LogP contribution in [-0.4, -0.2) is 36.7 Å². The maximum absolute atomic E-state index is 12.5. The minimum atomic E-state index is -4.49. The third-order valence-electron chi connectivity index (χ3n) is 2.59. The Hall–Kier alpha value is -2.09. The van der Waals surface area contributed by atoms with E-state index in [0.717, 1.165) is 12.1 Å². The van der Waals surface area contributed by atoms with Crippen LogP contribution in [0.4, 0.5) is 13.2 Å². The number of ether oxygens (including phenoxy) is 1. The first-order chi connectivity index (χ1) is 9.74. The zero-order valence-corrected chi connectivity index (χ0v) is 11.1. The number of aliphatic carboxylic acids is 1. The van der Waals surface area contributed by atoms with Crippen molar-refractivity contribution in [2.75, 3.05) is 13.7 Å². The summed E-state index contributed by atoms with van der Waals surface area (Å²) in [5.41, 5.74) is -0.719. The summed E-state index contributed by atoms with van der Waals surface area (Å²) >= 11 is 0. The lowest BCUT2D eigenvalue weighted by molar-refractivity contribution is -0.143. The van der Waals surface area contributed by atoms with Crippen LogP contribution >= 0.6 is 0 Å². The summed E-state index contributed by atoms with van der Waals surface area (Å²) in [4.78, 5) is 22.5. The van der Waals surface area contributed by atoms with Crippen LogP contribution in [0.2, 0.25) is 0 Å². The number of carboxylic acid groups (broad SMARTS) is 1. The van der Waals surface area contributed by atoms with Gasteiger partial charge in [0.05, 0.1) is 18.6 Å². The predicted octanol–water partition coefficient (Wildman–Crippen LogP) is 1.46. The predicted molar refractivity (Wildman–Crippen MR) is 66.6 cm³/mol. The van der Waals surface area contributed by atoms with E-state index >= 15 is 0 Å².